The number of aliphatic hydroxyl groups is 1. The van der Waals surface area contributed by atoms with E-state index in [1.807, 2.05) is 42.3 Å². The van der Waals surface area contributed by atoms with Crippen LogP contribution in [0.25, 0.3) is 5.69 Å². The van der Waals surface area contributed by atoms with Gasteiger partial charge in [0.1, 0.15) is 0 Å². The summed E-state index contributed by atoms with van der Waals surface area (Å²) in [6.07, 6.45) is -0.365. The molecule has 1 heterocycles. The van der Waals surface area contributed by atoms with Crippen molar-refractivity contribution < 1.29 is 5.11 Å². The lowest BCUT2D eigenvalue weighted by molar-refractivity contribution is 0.136. The van der Waals surface area contributed by atoms with Gasteiger partial charge in [0.15, 0.2) is 5.82 Å². The first-order valence-corrected chi connectivity index (χ1v) is 5.86. The normalized spacial score (nSPS) is 12.9. The number of aromatic nitrogens is 4. The summed E-state index contributed by atoms with van der Waals surface area (Å²) in [6, 6.07) is 9.75. The van der Waals surface area contributed by atoms with Crippen LogP contribution in [-0.2, 0) is 6.54 Å². The Hall–Kier alpha value is -1.79. The van der Waals surface area contributed by atoms with Crippen LogP contribution in [0.15, 0.2) is 30.3 Å². The van der Waals surface area contributed by atoms with Crippen molar-refractivity contribution in [3.63, 3.8) is 0 Å². The van der Waals surface area contributed by atoms with Crippen LogP contribution in [0.5, 0.6) is 0 Å². The first-order chi connectivity index (χ1) is 8.66. The van der Waals surface area contributed by atoms with Crippen molar-refractivity contribution in [1.29, 1.82) is 0 Å². The minimum atomic E-state index is -0.365. The number of hydrogen-bond donors (Lipinski definition) is 1. The predicted molar refractivity (Wildman–Crippen MR) is 67.2 cm³/mol. The molecular weight excluding hydrogens is 230 g/mol. The van der Waals surface area contributed by atoms with Gasteiger partial charge in [-0.05, 0) is 36.5 Å². The summed E-state index contributed by atoms with van der Waals surface area (Å²) in [4.78, 5) is 1.98. The van der Waals surface area contributed by atoms with Crippen molar-refractivity contribution in [2.24, 2.45) is 0 Å². The van der Waals surface area contributed by atoms with E-state index in [1.54, 1.807) is 11.6 Å². The smallest absolute Gasteiger partial charge is 0.170 e. The largest absolute Gasteiger partial charge is 0.392 e. The number of para-hydroxylation sites is 1. The summed E-state index contributed by atoms with van der Waals surface area (Å²) >= 11 is 0. The highest BCUT2D eigenvalue weighted by Gasteiger charge is 2.11. The van der Waals surface area contributed by atoms with Crippen LogP contribution in [0.1, 0.15) is 12.7 Å². The average Bonchev–Trinajstić information content (AvgIpc) is 2.77. The molecular formula is C12H17N5O. The monoisotopic (exact) mass is 247 g/mol. The van der Waals surface area contributed by atoms with Gasteiger partial charge in [0.25, 0.3) is 0 Å². The topological polar surface area (TPSA) is 67.1 Å². The summed E-state index contributed by atoms with van der Waals surface area (Å²) in [5.74, 6) is 0.754. The number of hydrogen-bond acceptors (Lipinski definition) is 5. The molecule has 1 aromatic carbocycles. The number of benzene rings is 1. The molecule has 6 heteroatoms. The maximum atomic E-state index is 9.34. The van der Waals surface area contributed by atoms with Gasteiger partial charge in [-0.3, -0.25) is 4.90 Å². The van der Waals surface area contributed by atoms with Crippen molar-refractivity contribution in [3.8, 4) is 5.69 Å². The van der Waals surface area contributed by atoms with Crippen LogP contribution in [0.4, 0.5) is 0 Å². The van der Waals surface area contributed by atoms with Gasteiger partial charge in [-0.1, -0.05) is 18.2 Å². The average molecular weight is 247 g/mol. The molecule has 0 saturated carbocycles. The van der Waals surface area contributed by atoms with Gasteiger partial charge in [0.2, 0.25) is 0 Å². The second-order valence-corrected chi connectivity index (χ2v) is 4.39. The van der Waals surface area contributed by atoms with E-state index in [0.717, 1.165) is 11.5 Å². The van der Waals surface area contributed by atoms with E-state index in [1.165, 1.54) is 0 Å². The summed E-state index contributed by atoms with van der Waals surface area (Å²) in [5, 5.41) is 21.0. The Bertz CT molecular complexity index is 482. The molecule has 18 heavy (non-hydrogen) atoms. The minimum absolute atomic E-state index is 0.365. The molecule has 0 bridgehead atoms. The predicted octanol–water partition coefficient (Wildman–Crippen LogP) is 0.475. The van der Waals surface area contributed by atoms with Gasteiger partial charge < -0.3 is 5.11 Å². The van der Waals surface area contributed by atoms with Crippen LogP contribution in [0, 0.1) is 0 Å². The quantitative estimate of drug-likeness (QED) is 0.832. The molecule has 1 atom stereocenters. The fourth-order valence-electron chi connectivity index (χ4n) is 1.83. The van der Waals surface area contributed by atoms with E-state index in [4.69, 9.17) is 0 Å². The molecule has 0 aliphatic heterocycles. The van der Waals surface area contributed by atoms with Crippen molar-refractivity contribution in [1.82, 2.24) is 25.1 Å². The second kappa shape index (κ2) is 5.70. The number of likely N-dealkylation sites (N-methyl/N-ethyl adjacent to an activating group) is 1. The van der Waals surface area contributed by atoms with Crippen molar-refractivity contribution >= 4 is 0 Å². The lowest BCUT2D eigenvalue weighted by Crippen LogP contribution is -2.28. The van der Waals surface area contributed by atoms with Crippen molar-refractivity contribution in [2.75, 3.05) is 13.6 Å². The van der Waals surface area contributed by atoms with Crippen molar-refractivity contribution in [2.45, 2.75) is 19.6 Å². The van der Waals surface area contributed by atoms with Crippen LogP contribution in [-0.4, -0.2) is 49.9 Å². The molecule has 0 aliphatic carbocycles. The molecule has 0 saturated heterocycles. The molecule has 0 fully saturated rings. The summed E-state index contributed by atoms with van der Waals surface area (Å²) in [6.45, 7) is 2.94. The van der Waals surface area contributed by atoms with Gasteiger partial charge in [-0.2, -0.15) is 4.68 Å². The highest BCUT2D eigenvalue weighted by atomic mass is 16.3. The summed E-state index contributed by atoms with van der Waals surface area (Å²) < 4.78 is 1.71. The lowest BCUT2D eigenvalue weighted by Gasteiger charge is -2.17. The SMILES string of the molecule is CC(O)CN(C)Cc1nnnn1-c1ccccc1. The maximum Gasteiger partial charge on any atom is 0.170 e. The van der Waals surface area contributed by atoms with Crippen LogP contribution in [0.3, 0.4) is 0 Å². The van der Waals surface area contributed by atoms with Gasteiger partial charge >= 0.3 is 0 Å². The van der Waals surface area contributed by atoms with E-state index < -0.39 is 0 Å². The first-order valence-electron chi connectivity index (χ1n) is 5.86. The lowest BCUT2D eigenvalue weighted by atomic mass is 10.3. The molecule has 1 unspecified atom stereocenters. The molecule has 96 valence electrons. The van der Waals surface area contributed by atoms with E-state index in [9.17, 15) is 5.11 Å². The van der Waals surface area contributed by atoms with Gasteiger partial charge in [-0.15, -0.1) is 5.10 Å². The highest BCUT2D eigenvalue weighted by molar-refractivity contribution is 5.30. The van der Waals surface area contributed by atoms with Gasteiger partial charge in [0, 0.05) is 6.54 Å². The zero-order valence-electron chi connectivity index (χ0n) is 10.6. The third-order valence-electron chi connectivity index (χ3n) is 2.52. The third-order valence-corrected chi connectivity index (χ3v) is 2.52. The van der Waals surface area contributed by atoms with E-state index in [0.29, 0.717) is 13.1 Å². The molecule has 0 amide bonds. The number of nitrogens with zero attached hydrogens (tertiary/aromatic N) is 5. The van der Waals surface area contributed by atoms with Crippen molar-refractivity contribution in [3.05, 3.63) is 36.2 Å². The van der Waals surface area contributed by atoms with Gasteiger partial charge in [0.05, 0.1) is 18.3 Å². The Labute approximate surface area is 106 Å². The zero-order valence-corrected chi connectivity index (χ0v) is 10.6. The molecule has 1 aromatic heterocycles. The van der Waals surface area contributed by atoms with Crippen LogP contribution < -0.4 is 0 Å². The number of tetrazole rings is 1. The standard InChI is InChI=1S/C12H17N5O/c1-10(18)8-16(2)9-12-13-14-15-17(12)11-6-4-3-5-7-11/h3-7,10,18H,8-9H2,1-2H3. The second-order valence-electron chi connectivity index (χ2n) is 4.39. The molecule has 1 N–H and O–H groups in total. The van der Waals surface area contributed by atoms with Gasteiger partial charge in [-0.25, -0.2) is 0 Å². The molecule has 0 radical (unpaired) electrons. The Morgan fingerprint density at radius 2 is 2.06 bits per heavy atom. The molecule has 2 aromatic rings. The molecule has 2 rings (SSSR count). The van der Waals surface area contributed by atoms with E-state index in [2.05, 4.69) is 15.5 Å². The molecule has 0 aliphatic rings. The van der Waals surface area contributed by atoms with Crippen LogP contribution >= 0.6 is 0 Å². The Balaban J connectivity index is 2.14. The fraction of sp³-hybridized carbons (Fsp3) is 0.417. The Kier molecular flexibility index (Phi) is 4.01. The van der Waals surface area contributed by atoms with E-state index in [-0.39, 0.29) is 6.10 Å². The summed E-state index contributed by atoms with van der Waals surface area (Å²) in [7, 11) is 1.93. The molecule has 0 spiro atoms. The van der Waals surface area contributed by atoms with Crippen LogP contribution in [0.2, 0.25) is 0 Å². The van der Waals surface area contributed by atoms with E-state index >= 15 is 0 Å². The Morgan fingerprint density at radius 1 is 1.33 bits per heavy atom. The fourth-order valence-corrected chi connectivity index (χ4v) is 1.83. The minimum Gasteiger partial charge on any atom is -0.392 e. The third kappa shape index (κ3) is 3.12. The number of rotatable bonds is 5. The first kappa shape index (κ1) is 12.7. The number of aliphatic hydroxyl groups excluding tert-OH is 1. The Morgan fingerprint density at radius 3 is 2.72 bits per heavy atom. The maximum absolute atomic E-state index is 9.34. The highest BCUT2D eigenvalue weighted by Crippen LogP contribution is 2.08. The molecule has 6 nitrogen and oxygen atoms in total. The summed E-state index contributed by atoms with van der Waals surface area (Å²) in [5.41, 5.74) is 0.933. The zero-order chi connectivity index (χ0) is 13.0.